The zero-order valence-electron chi connectivity index (χ0n) is 18.0. The highest BCUT2D eigenvalue weighted by Gasteiger charge is 2.20. The van der Waals surface area contributed by atoms with Gasteiger partial charge in [-0.15, -0.1) is 0 Å². The molecule has 0 heterocycles. The van der Waals surface area contributed by atoms with Crippen molar-refractivity contribution in [3.63, 3.8) is 0 Å². The van der Waals surface area contributed by atoms with Gasteiger partial charge in [-0.3, -0.25) is 15.0 Å². The second-order valence-corrected chi connectivity index (χ2v) is 7.95. The number of ether oxygens (including phenoxy) is 1. The predicted molar refractivity (Wildman–Crippen MR) is 123 cm³/mol. The van der Waals surface area contributed by atoms with E-state index < -0.39 is 6.04 Å². The monoisotopic (exact) mass is 443 g/mol. The first-order chi connectivity index (χ1) is 14.8. The summed E-state index contributed by atoms with van der Waals surface area (Å²) in [6.07, 6.45) is 2.84. The molecule has 0 spiro atoms. The highest BCUT2D eigenvalue weighted by atomic mass is 35.5. The Morgan fingerprint density at radius 1 is 1.16 bits per heavy atom. The van der Waals surface area contributed by atoms with Gasteiger partial charge in [0.25, 0.3) is 0 Å². The summed E-state index contributed by atoms with van der Waals surface area (Å²) in [5, 5.41) is 10.9. The van der Waals surface area contributed by atoms with Crippen LogP contribution >= 0.6 is 11.6 Å². The van der Waals surface area contributed by atoms with Gasteiger partial charge in [-0.05, 0) is 61.9 Å². The normalized spacial score (nSPS) is 11.6. The summed E-state index contributed by atoms with van der Waals surface area (Å²) in [5.41, 5.74) is 9.05. The Labute approximate surface area is 188 Å². The standard InChI is InChI=1S/C24H30ClN3O3/c1-3-31-23(30)15-21(19-12-16(2)13-20(25)14-19)28-22(29)7-5-4-6-17-8-10-18(11-9-17)24(26)27/h8-14,21H,3-7,15H2,1-2H3,(H3,26,27)(H,28,29). The van der Waals surface area contributed by atoms with Crippen molar-refractivity contribution in [3.8, 4) is 0 Å². The van der Waals surface area contributed by atoms with Crippen molar-refractivity contribution >= 4 is 29.3 Å². The second-order valence-electron chi connectivity index (χ2n) is 7.51. The highest BCUT2D eigenvalue weighted by molar-refractivity contribution is 6.30. The number of amidine groups is 1. The topological polar surface area (TPSA) is 105 Å². The molecule has 0 saturated heterocycles. The Bertz CT molecular complexity index is 893. The molecule has 0 saturated carbocycles. The first-order valence-electron chi connectivity index (χ1n) is 10.4. The molecule has 2 aromatic carbocycles. The van der Waals surface area contributed by atoms with Crippen LogP contribution in [0.5, 0.6) is 0 Å². The number of nitrogens with two attached hydrogens (primary N) is 1. The van der Waals surface area contributed by atoms with Crippen molar-refractivity contribution in [3.05, 3.63) is 69.7 Å². The Hall–Kier alpha value is -2.86. The van der Waals surface area contributed by atoms with Gasteiger partial charge in [-0.25, -0.2) is 0 Å². The van der Waals surface area contributed by atoms with Crippen LogP contribution in [0.2, 0.25) is 5.02 Å². The van der Waals surface area contributed by atoms with E-state index in [4.69, 9.17) is 27.5 Å². The van der Waals surface area contributed by atoms with Crippen molar-refractivity contribution in [1.82, 2.24) is 5.32 Å². The van der Waals surface area contributed by atoms with Gasteiger partial charge in [0, 0.05) is 17.0 Å². The lowest BCUT2D eigenvalue weighted by Crippen LogP contribution is -2.30. The number of carbonyl (C=O) groups excluding carboxylic acids is 2. The number of aryl methyl sites for hydroxylation is 2. The maximum Gasteiger partial charge on any atom is 0.308 e. The fraction of sp³-hybridized carbons (Fsp3) is 0.375. The third-order valence-corrected chi connectivity index (χ3v) is 5.08. The molecule has 31 heavy (non-hydrogen) atoms. The number of rotatable bonds is 11. The number of carbonyl (C=O) groups is 2. The Balaban J connectivity index is 1.90. The third-order valence-electron chi connectivity index (χ3n) is 4.86. The minimum atomic E-state index is -0.483. The lowest BCUT2D eigenvalue weighted by atomic mass is 10.0. The molecule has 0 aliphatic rings. The highest BCUT2D eigenvalue weighted by Crippen LogP contribution is 2.23. The van der Waals surface area contributed by atoms with Gasteiger partial charge in [-0.2, -0.15) is 0 Å². The summed E-state index contributed by atoms with van der Waals surface area (Å²) < 4.78 is 5.06. The van der Waals surface area contributed by atoms with E-state index in [1.54, 1.807) is 13.0 Å². The van der Waals surface area contributed by atoms with Crippen molar-refractivity contribution < 1.29 is 14.3 Å². The largest absolute Gasteiger partial charge is 0.466 e. The van der Waals surface area contributed by atoms with E-state index in [2.05, 4.69) is 5.32 Å². The number of hydrogen-bond acceptors (Lipinski definition) is 4. The van der Waals surface area contributed by atoms with Crippen molar-refractivity contribution in [1.29, 1.82) is 5.41 Å². The molecule has 0 bridgehead atoms. The van der Waals surface area contributed by atoms with E-state index in [-0.39, 0.29) is 24.1 Å². The van der Waals surface area contributed by atoms with Crippen LogP contribution in [-0.4, -0.2) is 24.3 Å². The minimum Gasteiger partial charge on any atom is -0.466 e. The van der Waals surface area contributed by atoms with Crippen LogP contribution in [0, 0.1) is 12.3 Å². The fourth-order valence-electron chi connectivity index (χ4n) is 3.34. The van der Waals surface area contributed by atoms with Gasteiger partial charge in [0.2, 0.25) is 5.91 Å². The van der Waals surface area contributed by atoms with Crippen LogP contribution in [0.15, 0.2) is 42.5 Å². The molecule has 0 radical (unpaired) electrons. The first kappa shape index (κ1) is 24.4. The van der Waals surface area contributed by atoms with Gasteiger partial charge in [-0.1, -0.05) is 41.9 Å². The van der Waals surface area contributed by atoms with Crippen LogP contribution in [-0.2, 0) is 20.7 Å². The smallest absolute Gasteiger partial charge is 0.308 e. The van der Waals surface area contributed by atoms with Gasteiger partial charge in [0.15, 0.2) is 0 Å². The van der Waals surface area contributed by atoms with Gasteiger partial charge in [0.05, 0.1) is 19.1 Å². The maximum atomic E-state index is 12.5. The molecule has 1 unspecified atom stereocenters. The molecule has 0 aliphatic heterocycles. The predicted octanol–water partition coefficient (Wildman–Crippen LogP) is 4.46. The van der Waals surface area contributed by atoms with Gasteiger partial charge in [0.1, 0.15) is 5.84 Å². The van der Waals surface area contributed by atoms with E-state index in [0.717, 1.165) is 36.0 Å². The van der Waals surface area contributed by atoms with Crippen LogP contribution in [0.4, 0.5) is 0 Å². The molecule has 0 aliphatic carbocycles. The number of benzene rings is 2. The lowest BCUT2D eigenvalue weighted by molar-refractivity contribution is -0.143. The van der Waals surface area contributed by atoms with Crippen molar-refractivity contribution in [2.45, 2.75) is 52.0 Å². The molecule has 2 aromatic rings. The zero-order valence-corrected chi connectivity index (χ0v) is 18.8. The Morgan fingerprint density at radius 3 is 2.48 bits per heavy atom. The molecule has 0 aromatic heterocycles. The Kier molecular flexibility index (Phi) is 9.53. The summed E-state index contributed by atoms with van der Waals surface area (Å²) in [6, 6.07) is 12.6. The number of unbranched alkanes of at least 4 members (excludes halogenated alkanes) is 1. The summed E-state index contributed by atoms with van der Waals surface area (Å²) in [6.45, 7) is 3.96. The maximum absolute atomic E-state index is 12.5. The molecule has 7 heteroatoms. The molecule has 1 amide bonds. The second kappa shape index (κ2) is 12.1. The number of halogens is 1. The lowest BCUT2D eigenvalue weighted by Gasteiger charge is -2.19. The van der Waals surface area contributed by atoms with Crippen molar-refractivity contribution in [2.75, 3.05) is 6.61 Å². The number of nitrogen functional groups attached to an aromatic ring is 1. The fourth-order valence-corrected chi connectivity index (χ4v) is 3.63. The molecule has 0 fully saturated rings. The van der Waals surface area contributed by atoms with Crippen LogP contribution in [0.25, 0.3) is 0 Å². The van der Waals surface area contributed by atoms with E-state index >= 15 is 0 Å². The Morgan fingerprint density at radius 2 is 1.87 bits per heavy atom. The SMILES string of the molecule is CCOC(=O)CC(NC(=O)CCCCc1ccc(C(=N)N)cc1)c1cc(C)cc(Cl)c1. The molecular formula is C24H30ClN3O3. The van der Waals surface area contributed by atoms with E-state index in [1.807, 2.05) is 43.3 Å². The number of hydrogen-bond donors (Lipinski definition) is 3. The molecule has 166 valence electrons. The minimum absolute atomic E-state index is 0.0514. The molecule has 4 N–H and O–H groups in total. The van der Waals surface area contributed by atoms with E-state index in [9.17, 15) is 9.59 Å². The average molecular weight is 444 g/mol. The van der Waals surface area contributed by atoms with Gasteiger partial charge >= 0.3 is 5.97 Å². The van der Waals surface area contributed by atoms with Crippen molar-refractivity contribution in [2.24, 2.45) is 5.73 Å². The summed E-state index contributed by atoms with van der Waals surface area (Å²) >= 11 is 6.17. The van der Waals surface area contributed by atoms with E-state index in [1.165, 1.54) is 0 Å². The van der Waals surface area contributed by atoms with Gasteiger partial charge < -0.3 is 15.8 Å². The molecule has 1 atom stereocenters. The summed E-state index contributed by atoms with van der Waals surface area (Å²) in [4.78, 5) is 24.6. The average Bonchev–Trinajstić information content (AvgIpc) is 2.70. The van der Waals surface area contributed by atoms with Crippen LogP contribution in [0.3, 0.4) is 0 Å². The number of nitrogens with one attached hydrogen (secondary N) is 2. The van der Waals surface area contributed by atoms with E-state index in [0.29, 0.717) is 23.6 Å². The first-order valence-corrected chi connectivity index (χ1v) is 10.8. The zero-order chi connectivity index (χ0) is 22.8. The van der Waals surface area contributed by atoms with Crippen LogP contribution in [0.1, 0.15) is 60.9 Å². The molecular weight excluding hydrogens is 414 g/mol. The summed E-state index contributed by atoms with van der Waals surface area (Å²) in [5.74, 6) is -0.422. The summed E-state index contributed by atoms with van der Waals surface area (Å²) in [7, 11) is 0. The number of esters is 1. The third kappa shape index (κ3) is 8.42. The molecule has 2 rings (SSSR count). The molecule has 6 nitrogen and oxygen atoms in total. The van der Waals surface area contributed by atoms with Crippen LogP contribution < -0.4 is 11.1 Å². The quantitative estimate of drug-likeness (QED) is 0.206. The number of amides is 1.